The predicted octanol–water partition coefficient (Wildman–Crippen LogP) is 5.02. The van der Waals surface area contributed by atoms with Crippen LogP contribution in [-0.4, -0.2) is 119 Å². The summed E-state index contributed by atoms with van der Waals surface area (Å²) >= 11 is 1.89. The van der Waals surface area contributed by atoms with E-state index in [1.807, 2.05) is 46.0 Å². The van der Waals surface area contributed by atoms with E-state index in [1.54, 1.807) is 36.2 Å². The summed E-state index contributed by atoms with van der Waals surface area (Å²) in [6, 6.07) is 11.1. The van der Waals surface area contributed by atoms with E-state index in [-0.39, 0.29) is 78.3 Å². The highest BCUT2D eigenvalue weighted by Crippen LogP contribution is 2.40. The van der Waals surface area contributed by atoms with Crippen LogP contribution >= 0.6 is 22.7 Å². The summed E-state index contributed by atoms with van der Waals surface area (Å²) in [7, 11) is 5.09. The van der Waals surface area contributed by atoms with E-state index in [2.05, 4.69) is 9.97 Å². The van der Waals surface area contributed by atoms with E-state index in [0.717, 1.165) is 70.9 Å². The van der Waals surface area contributed by atoms with Crippen molar-refractivity contribution in [2.45, 2.75) is 50.9 Å². The fourth-order valence-corrected chi connectivity index (χ4v) is 10.9. The maximum Gasteiger partial charge on any atom is 0.287 e. The van der Waals surface area contributed by atoms with Gasteiger partial charge in [0.1, 0.15) is 32.6 Å². The number of hydrogen-bond donors (Lipinski definition) is 0. The van der Waals surface area contributed by atoms with E-state index >= 15 is 0 Å². The summed E-state index contributed by atoms with van der Waals surface area (Å²) in [6.45, 7) is 2.00. The molecule has 15 nitrogen and oxygen atoms in total. The lowest BCUT2D eigenvalue weighted by Crippen LogP contribution is -2.66. The minimum absolute atomic E-state index is 0.0190. The van der Waals surface area contributed by atoms with Crippen LogP contribution in [0.4, 0.5) is 11.4 Å². The number of fused-ring (bicyclic) bond motifs is 4. The number of rotatable bonds is 8. The Kier molecular flexibility index (Phi) is 9.29. The number of thiazole rings is 2. The molecule has 0 spiro atoms. The Morgan fingerprint density at radius 2 is 1.10 bits per heavy atom. The Bertz CT molecular complexity index is 2470. The number of hydrogen-bond acceptors (Lipinski definition) is 15. The molecule has 2 aliphatic carbocycles. The molecule has 2 aromatic carbocycles. The van der Waals surface area contributed by atoms with Gasteiger partial charge in [-0.3, -0.25) is 33.7 Å². The molecule has 0 bridgehead atoms. The van der Waals surface area contributed by atoms with Gasteiger partial charge in [0.2, 0.25) is 11.6 Å². The predicted molar refractivity (Wildman–Crippen MR) is 222 cm³/mol. The Morgan fingerprint density at radius 1 is 0.667 bits per heavy atom. The van der Waals surface area contributed by atoms with Crippen molar-refractivity contribution in [1.82, 2.24) is 24.7 Å². The van der Waals surface area contributed by atoms with Gasteiger partial charge in [-0.2, -0.15) is 0 Å². The molecule has 10 rings (SSSR count). The largest absolute Gasteiger partial charge is 0.497 e. The monoisotopic (exact) mass is 845 g/mol. The Morgan fingerprint density at radius 3 is 1.48 bits per heavy atom. The van der Waals surface area contributed by atoms with Crippen LogP contribution in [0, 0.1) is 0 Å². The molecule has 2 amide bonds. The molecular weight excluding hydrogens is 807 g/mol. The Labute approximate surface area is 352 Å². The van der Waals surface area contributed by atoms with Crippen molar-refractivity contribution in [1.29, 1.82) is 0 Å². The topological polar surface area (TPSA) is 163 Å². The van der Waals surface area contributed by atoms with Gasteiger partial charge in [-0.25, -0.2) is 9.97 Å². The van der Waals surface area contributed by atoms with Gasteiger partial charge in [0.15, 0.2) is 21.6 Å². The first kappa shape index (κ1) is 38.2. The zero-order valence-electron chi connectivity index (χ0n) is 33.1. The SMILES string of the molecule is COc1ccc2c(c1)CCCN2C(=O)c1nc2c(s1)C(=O)C=C(N1CCC1N(C)C1CCN1C1=CC(=O)c3sc(C(=O)N4CCCc5cc(OC)ccc54)nc3C1=O)C2=O. The first-order valence-electron chi connectivity index (χ1n) is 19.9. The molecule has 2 unspecified atom stereocenters. The molecule has 6 aliphatic rings. The molecular formula is C43H39N7O8S2. The van der Waals surface area contributed by atoms with Gasteiger partial charge in [-0.05, 0) is 93.1 Å². The lowest BCUT2D eigenvalue weighted by Gasteiger charge is -2.56. The summed E-state index contributed by atoms with van der Waals surface area (Å²) < 4.78 is 10.7. The number of ether oxygens (including phenoxy) is 2. The number of likely N-dealkylation sites (tertiary alicyclic amines) is 2. The third-order valence-corrected chi connectivity index (χ3v) is 14.5. The fourth-order valence-electron chi connectivity index (χ4n) is 9.05. The van der Waals surface area contributed by atoms with Gasteiger partial charge in [0, 0.05) is 49.7 Å². The van der Waals surface area contributed by atoms with Crippen molar-refractivity contribution in [2.75, 3.05) is 57.2 Å². The molecule has 0 N–H and O–H groups in total. The molecule has 2 aromatic heterocycles. The van der Waals surface area contributed by atoms with Crippen LogP contribution < -0.4 is 19.3 Å². The third kappa shape index (κ3) is 6.00. The number of benzene rings is 2. The second kappa shape index (κ2) is 14.6. The number of amides is 2. The van der Waals surface area contributed by atoms with Crippen LogP contribution in [-0.2, 0) is 12.8 Å². The summed E-state index contributed by atoms with van der Waals surface area (Å²) in [5, 5.41) is 0.167. The lowest BCUT2D eigenvalue weighted by molar-refractivity contribution is -0.0903. The number of carbonyl (C=O) groups is 6. The number of aryl methyl sites for hydroxylation is 2. The lowest BCUT2D eigenvalue weighted by atomic mass is 9.96. The van der Waals surface area contributed by atoms with Crippen molar-refractivity contribution >= 4 is 69.0 Å². The van der Waals surface area contributed by atoms with E-state index in [4.69, 9.17) is 9.47 Å². The van der Waals surface area contributed by atoms with Crippen LogP contribution in [0.2, 0.25) is 0 Å². The number of carbonyl (C=O) groups excluding carboxylic acids is 6. The molecule has 4 aromatic rings. The number of anilines is 2. The average Bonchev–Trinajstić information content (AvgIpc) is 3.90. The molecule has 0 radical (unpaired) electrons. The third-order valence-electron chi connectivity index (χ3n) is 12.3. The number of methoxy groups -OCH3 is 2. The number of nitrogens with zero attached hydrogens (tertiary/aromatic N) is 7. The van der Waals surface area contributed by atoms with E-state index in [9.17, 15) is 28.8 Å². The summed E-state index contributed by atoms with van der Waals surface area (Å²) in [4.78, 5) is 101. The number of aromatic nitrogens is 2. The van der Waals surface area contributed by atoms with Gasteiger partial charge in [-0.1, -0.05) is 0 Å². The van der Waals surface area contributed by atoms with Crippen LogP contribution in [0.5, 0.6) is 11.5 Å². The highest BCUT2D eigenvalue weighted by molar-refractivity contribution is 7.16. The Balaban J connectivity index is 0.832. The zero-order chi connectivity index (χ0) is 41.6. The van der Waals surface area contributed by atoms with Gasteiger partial charge < -0.3 is 29.1 Å². The van der Waals surface area contributed by atoms with E-state index < -0.39 is 11.6 Å². The van der Waals surface area contributed by atoms with Crippen molar-refractivity contribution in [2.24, 2.45) is 0 Å². The smallest absolute Gasteiger partial charge is 0.287 e. The average molecular weight is 846 g/mol. The van der Waals surface area contributed by atoms with Crippen molar-refractivity contribution in [3.8, 4) is 11.5 Å². The molecule has 2 fully saturated rings. The maximum absolute atomic E-state index is 14.0. The molecule has 2 saturated heterocycles. The fraction of sp³-hybridized carbons (Fsp3) is 0.349. The molecule has 17 heteroatoms. The van der Waals surface area contributed by atoms with Crippen LogP contribution in [0.3, 0.4) is 0 Å². The molecule has 60 heavy (non-hydrogen) atoms. The number of Topliss-reactive ketones (excluding diaryl/α,β-unsaturated/α-hetero) is 2. The van der Waals surface area contributed by atoms with Gasteiger partial charge in [0.05, 0.1) is 37.9 Å². The highest BCUT2D eigenvalue weighted by atomic mass is 32.1. The summed E-state index contributed by atoms with van der Waals surface area (Å²) in [6.07, 6.45) is 6.58. The summed E-state index contributed by atoms with van der Waals surface area (Å²) in [5.74, 6) is -0.904. The minimum Gasteiger partial charge on any atom is -0.497 e. The first-order chi connectivity index (χ1) is 29.0. The molecule has 306 valence electrons. The molecule has 0 saturated carbocycles. The van der Waals surface area contributed by atoms with Crippen molar-refractivity contribution < 1.29 is 38.2 Å². The standard InChI is InChI=1S/C43H39N7O8S2/c1-46(32-12-16-47(32)28-20-30(51)38-34(36(28)53)44-40(59-38)42(55)49-14-4-6-22-18-24(57-2)8-10-26(22)49)33-13-17-48(33)29-21-31(52)39-35(37(29)54)45-41(60-39)43(56)50-15-5-7-23-19-25(58-3)9-11-27(23)50/h8-11,18-21,32-33H,4-7,12-17H2,1-3H3. The van der Waals surface area contributed by atoms with E-state index in [0.29, 0.717) is 50.5 Å². The van der Waals surface area contributed by atoms with Gasteiger partial charge in [-0.15, -0.1) is 22.7 Å². The highest BCUT2D eigenvalue weighted by Gasteiger charge is 2.47. The van der Waals surface area contributed by atoms with Gasteiger partial charge in [0.25, 0.3) is 11.8 Å². The van der Waals surface area contributed by atoms with Crippen LogP contribution in [0.1, 0.15) is 96.7 Å². The molecule has 6 heterocycles. The number of ketones is 4. The minimum atomic E-state index is -0.419. The van der Waals surface area contributed by atoms with Crippen molar-refractivity contribution in [3.05, 3.63) is 102 Å². The second-order valence-electron chi connectivity index (χ2n) is 15.5. The van der Waals surface area contributed by atoms with Gasteiger partial charge >= 0.3 is 0 Å². The van der Waals surface area contributed by atoms with Crippen LogP contribution in [0.15, 0.2) is 59.9 Å². The first-order valence-corrected chi connectivity index (χ1v) is 21.5. The summed E-state index contributed by atoms with van der Waals surface area (Å²) in [5.41, 5.74) is 3.87. The molecule has 2 atom stereocenters. The quantitative estimate of drug-likeness (QED) is 0.233. The van der Waals surface area contributed by atoms with E-state index in [1.165, 1.54) is 12.2 Å². The number of allylic oxidation sites excluding steroid dienone is 4. The second-order valence-corrected chi connectivity index (χ2v) is 17.5. The normalized spacial score (nSPS) is 20.7. The Hall–Kier alpha value is -6.04. The van der Waals surface area contributed by atoms with Crippen LogP contribution in [0.25, 0.3) is 0 Å². The molecule has 4 aliphatic heterocycles. The van der Waals surface area contributed by atoms with Crippen molar-refractivity contribution in [3.63, 3.8) is 0 Å². The maximum atomic E-state index is 14.0. The zero-order valence-corrected chi connectivity index (χ0v) is 34.7.